The van der Waals surface area contributed by atoms with Gasteiger partial charge in [-0.1, -0.05) is 6.42 Å². The minimum Gasteiger partial charge on any atom is -0.388 e. The highest BCUT2D eigenvalue weighted by Crippen LogP contribution is 2.31. The molecular formula is C10H17NO2. The van der Waals surface area contributed by atoms with E-state index in [2.05, 4.69) is 5.32 Å². The zero-order valence-electron chi connectivity index (χ0n) is 7.88. The molecule has 2 rings (SSSR count). The molecule has 0 bridgehead atoms. The van der Waals surface area contributed by atoms with Crippen molar-refractivity contribution in [3.05, 3.63) is 0 Å². The smallest absolute Gasteiger partial charge is 0.223 e. The molecule has 74 valence electrons. The molecule has 0 aliphatic heterocycles. The molecule has 0 aromatic carbocycles. The summed E-state index contributed by atoms with van der Waals surface area (Å²) in [7, 11) is 0. The summed E-state index contributed by atoms with van der Waals surface area (Å²) in [5.74, 6) is 0.384. The fraction of sp³-hybridized carbons (Fsp3) is 0.900. The minimum absolute atomic E-state index is 0.145. The molecular weight excluding hydrogens is 166 g/mol. The SMILES string of the molecule is O=C(NCC1(O)CCC1)C1CCC1. The Labute approximate surface area is 78.5 Å². The zero-order valence-corrected chi connectivity index (χ0v) is 7.88. The summed E-state index contributed by atoms with van der Waals surface area (Å²) in [5, 5.41) is 12.6. The molecule has 13 heavy (non-hydrogen) atoms. The Morgan fingerprint density at radius 3 is 2.46 bits per heavy atom. The van der Waals surface area contributed by atoms with Gasteiger partial charge in [0.1, 0.15) is 0 Å². The maximum absolute atomic E-state index is 11.4. The molecule has 3 heteroatoms. The maximum Gasteiger partial charge on any atom is 0.223 e. The molecule has 0 aromatic heterocycles. The lowest BCUT2D eigenvalue weighted by Gasteiger charge is -2.37. The Morgan fingerprint density at radius 1 is 1.38 bits per heavy atom. The van der Waals surface area contributed by atoms with Gasteiger partial charge in [0.15, 0.2) is 0 Å². The van der Waals surface area contributed by atoms with Crippen molar-refractivity contribution in [2.24, 2.45) is 5.92 Å². The molecule has 2 fully saturated rings. The van der Waals surface area contributed by atoms with Crippen molar-refractivity contribution >= 4 is 5.91 Å². The molecule has 0 spiro atoms. The van der Waals surface area contributed by atoms with Crippen LogP contribution in [0.5, 0.6) is 0 Å². The average molecular weight is 183 g/mol. The van der Waals surface area contributed by atoms with Gasteiger partial charge in [-0.15, -0.1) is 0 Å². The van der Waals surface area contributed by atoms with E-state index in [1.807, 2.05) is 0 Å². The quantitative estimate of drug-likeness (QED) is 0.680. The van der Waals surface area contributed by atoms with Crippen LogP contribution in [0.4, 0.5) is 0 Å². The van der Waals surface area contributed by atoms with E-state index in [-0.39, 0.29) is 11.8 Å². The van der Waals surface area contributed by atoms with E-state index in [0.717, 1.165) is 32.1 Å². The summed E-state index contributed by atoms with van der Waals surface area (Å²) in [6, 6.07) is 0. The third-order valence-electron chi connectivity index (χ3n) is 3.35. The molecule has 1 amide bonds. The third kappa shape index (κ3) is 1.85. The first-order chi connectivity index (χ1) is 6.20. The van der Waals surface area contributed by atoms with Crippen LogP contribution in [-0.2, 0) is 4.79 Å². The van der Waals surface area contributed by atoms with Crippen molar-refractivity contribution < 1.29 is 9.90 Å². The molecule has 2 aliphatic carbocycles. The molecule has 0 aromatic rings. The van der Waals surface area contributed by atoms with Crippen LogP contribution in [-0.4, -0.2) is 23.2 Å². The van der Waals surface area contributed by atoms with Crippen LogP contribution in [0, 0.1) is 5.92 Å². The molecule has 2 saturated carbocycles. The van der Waals surface area contributed by atoms with Crippen molar-refractivity contribution in [3.63, 3.8) is 0 Å². The van der Waals surface area contributed by atoms with Crippen LogP contribution in [0.3, 0.4) is 0 Å². The number of nitrogens with one attached hydrogen (secondary N) is 1. The molecule has 2 N–H and O–H groups in total. The topological polar surface area (TPSA) is 49.3 Å². The monoisotopic (exact) mass is 183 g/mol. The van der Waals surface area contributed by atoms with Gasteiger partial charge < -0.3 is 10.4 Å². The number of aliphatic hydroxyl groups is 1. The number of amides is 1. The van der Waals surface area contributed by atoms with E-state index in [1.165, 1.54) is 6.42 Å². The molecule has 0 saturated heterocycles. The second-order valence-electron chi connectivity index (χ2n) is 4.42. The molecule has 2 aliphatic rings. The molecule has 0 unspecified atom stereocenters. The van der Waals surface area contributed by atoms with Crippen LogP contribution in [0.25, 0.3) is 0 Å². The standard InChI is InChI=1S/C10H17NO2/c12-9(8-3-1-4-8)11-7-10(13)5-2-6-10/h8,13H,1-7H2,(H,11,12). The maximum atomic E-state index is 11.4. The fourth-order valence-electron chi connectivity index (χ4n) is 1.83. The summed E-state index contributed by atoms with van der Waals surface area (Å²) < 4.78 is 0. The summed E-state index contributed by atoms with van der Waals surface area (Å²) in [4.78, 5) is 11.4. The second kappa shape index (κ2) is 3.29. The van der Waals surface area contributed by atoms with Gasteiger partial charge >= 0.3 is 0 Å². The number of carbonyl (C=O) groups excluding carboxylic acids is 1. The molecule has 0 radical (unpaired) electrons. The van der Waals surface area contributed by atoms with Crippen molar-refractivity contribution in [2.75, 3.05) is 6.54 Å². The van der Waals surface area contributed by atoms with E-state index in [4.69, 9.17) is 0 Å². The second-order valence-corrected chi connectivity index (χ2v) is 4.42. The lowest BCUT2D eigenvalue weighted by Crippen LogP contribution is -2.49. The van der Waals surface area contributed by atoms with Crippen LogP contribution >= 0.6 is 0 Å². The summed E-state index contributed by atoms with van der Waals surface area (Å²) in [6.07, 6.45) is 6.03. The van der Waals surface area contributed by atoms with Crippen molar-refractivity contribution in [2.45, 2.75) is 44.1 Å². The zero-order chi connectivity index (χ0) is 9.31. The highest BCUT2D eigenvalue weighted by molar-refractivity contribution is 5.79. The Kier molecular flexibility index (Phi) is 2.28. The highest BCUT2D eigenvalue weighted by Gasteiger charge is 2.35. The fourth-order valence-corrected chi connectivity index (χ4v) is 1.83. The lowest BCUT2D eigenvalue weighted by atomic mass is 9.79. The summed E-state index contributed by atoms with van der Waals surface area (Å²) in [5.41, 5.74) is -0.570. The first-order valence-electron chi connectivity index (χ1n) is 5.20. The number of hydrogen-bond acceptors (Lipinski definition) is 2. The summed E-state index contributed by atoms with van der Waals surface area (Å²) in [6.45, 7) is 0.461. The normalized spacial score (nSPS) is 25.9. The van der Waals surface area contributed by atoms with Gasteiger partial charge in [0, 0.05) is 12.5 Å². The van der Waals surface area contributed by atoms with Crippen LogP contribution < -0.4 is 5.32 Å². The number of hydrogen-bond donors (Lipinski definition) is 2. The largest absolute Gasteiger partial charge is 0.388 e. The lowest BCUT2D eigenvalue weighted by molar-refractivity contribution is -0.129. The van der Waals surface area contributed by atoms with Gasteiger partial charge in [-0.05, 0) is 32.1 Å². The van der Waals surface area contributed by atoms with Crippen LogP contribution in [0.1, 0.15) is 38.5 Å². The minimum atomic E-state index is -0.570. The third-order valence-corrected chi connectivity index (χ3v) is 3.35. The van der Waals surface area contributed by atoms with Gasteiger partial charge in [-0.3, -0.25) is 4.79 Å². The van der Waals surface area contributed by atoms with Crippen molar-refractivity contribution in [1.82, 2.24) is 5.32 Å². The first kappa shape index (κ1) is 9.00. The van der Waals surface area contributed by atoms with Crippen molar-refractivity contribution in [3.8, 4) is 0 Å². The Bertz CT molecular complexity index is 207. The van der Waals surface area contributed by atoms with Gasteiger partial charge in [0.2, 0.25) is 5.91 Å². The van der Waals surface area contributed by atoms with Crippen LogP contribution in [0.15, 0.2) is 0 Å². The predicted molar refractivity (Wildman–Crippen MR) is 49.2 cm³/mol. The number of carbonyl (C=O) groups is 1. The van der Waals surface area contributed by atoms with E-state index in [0.29, 0.717) is 6.54 Å². The van der Waals surface area contributed by atoms with Gasteiger partial charge in [-0.2, -0.15) is 0 Å². The Hall–Kier alpha value is -0.570. The van der Waals surface area contributed by atoms with Gasteiger partial charge in [-0.25, -0.2) is 0 Å². The number of rotatable bonds is 3. The highest BCUT2D eigenvalue weighted by atomic mass is 16.3. The Morgan fingerprint density at radius 2 is 2.08 bits per heavy atom. The molecule has 3 nitrogen and oxygen atoms in total. The molecule has 0 atom stereocenters. The van der Waals surface area contributed by atoms with E-state index in [1.54, 1.807) is 0 Å². The van der Waals surface area contributed by atoms with Crippen LogP contribution in [0.2, 0.25) is 0 Å². The van der Waals surface area contributed by atoms with E-state index >= 15 is 0 Å². The Balaban J connectivity index is 1.69. The van der Waals surface area contributed by atoms with E-state index < -0.39 is 5.60 Å². The van der Waals surface area contributed by atoms with E-state index in [9.17, 15) is 9.90 Å². The first-order valence-corrected chi connectivity index (χ1v) is 5.20. The van der Waals surface area contributed by atoms with Gasteiger partial charge in [0.05, 0.1) is 5.60 Å². The summed E-state index contributed by atoms with van der Waals surface area (Å²) >= 11 is 0. The average Bonchev–Trinajstić information content (AvgIpc) is 1.94. The molecule has 0 heterocycles. The van der Waals surface area contributed by atoms with Gasteiger partial charge in [0.25, 0.3) is 0 Å². The van der Waals surface area contributed by atoms with Crippen molar-refractivity contribution in [1.29, 1.82) is 0 Å². The predicted octanol–water partition coefficient (Wildman–Crippen LogP) is 0.818.